The van der Waals surface area contributed by atoms with Gasteiger partial charge in [-0.1, -0.05) is 29.8 Å². The second kappa shape index (κ2) is 3.69. The average Bonchev–Trinajstić information content (AvgIpc) is 1.93. The van der Waals surface area contributed by atoms with E-state index in [-0.39, 0.29) is 5.05 Å². The van der Waals surface area contributed by atoms with E-state index in [4.69, 9.17) is 16.7 Å². The second-order valence-electron chi connectivity index (χ2n) is 2.16. The zero-order valence-corrected chi connectivity index (χ0v) is 7.32. The summed E-state index contributed by atoms with van der Waals surface area (Å²) < 4.78 is 0. The van der Waals surface area contributed by atoms with Crippen molar-refractivity contribution >= 4 is 28.9 Å². The lowest BCUT2D eigenvalue weighted by molar-refractivity contribution is 0.556. The largest absolute Gasteiger partial charge is 0.502 e. The molecule has 1 aromatic carbocycles. The van der Waals surface area contributed by atoms with Gasteiger partial charge in [0.2, 0.25) is 0 Å². The molecule has 58 valence electrons. The van der Waals surface area contributed by atoms with Crippen LogP contribution in [0.1, 0.15) is 5.56 Å². The monoisotopic (exact) mass is 186 g/mol. The maximum atomic E-state index is 8.80. The van der Waals surface area contributed by atoms with E-state index >= 15 is 0 Å². The second-order valence-corrected chi connectivity index (χ2v) is 3.04. The van der Waals surface area contributed by atoms with Gasteiger partial charge in [0.15, 0.2) is 5.05 Å². The van der Waals surface area contributed by atoms with Gasteiger partial charge in [-0.15, -0.1) is 0 Å². The fourth-order valence-corrected chi connectivity index (χ4v) is 1.16. The Labute approximate surface area is 75.6 Å². The zero-order valence-electron chi connectivity index (χ0n) is 5.75. The van der Waals surface area contributed by atoms with Gasteiger partial charge in [-0.3, -0.25) is 0 Å². The molecule has 1 aromatic rings. The molecule has 0 spiro atoms. The van der Waals surface area contributed by atoms with Gasteiger partial charge in [0, 0.05) is 11.4 Å². The van der Waals surface area contributed by atoms with Crippen molar-refractivity contribution in [2.75, 3.05) is 0 Å². The first kappa shape index (κ1) is 8.50. The molecule has 0 amide bonds. The molecule has 1 rings (SSSR count). The SMILES string of the molecule is OC(=S)Cc1ccccc1Cl. The van der Waals surface area contributed by atoms with Crippen LogP contribution in [-0.2, 0) is 6.42 Å². The first-order valence-corrected chi connectivity index (χ1v) is 3.94. The van der Waals surface area contributed by atoms with Gasteiger partial charge < -0.3 is 5.11 Å². The van der Waals surface area contributed by atoms with Gasteiger partial charge in [-0.25, -0.2) is 0 Å². The Morgan fingerprint density at radius 2 is 2.09 bits per heavy atom. The molecule has 0 aliphatic rings. The molecule has 0 fully saturated rings. The van der Waals surface area contributed by atoms with Crippen LogP contribution in [0.5, 0.6) is 0 Å². The molecule has 0 aliphatic carbocycles. The summed E-state index contributed by atoms with van der Waals surface area (Å²) in [5, 5.41) is 9.42. The zero-order chi connectivity index (χ0) is 8.27. The van der Waals surface area contributed by atoms with E-state index in [2.05, 4.69) is 12.2 Å². The van der Waals surface area contributed by atoms with Crippen molar-refractivity contribution in [1.82, 2.24) is 0 Å². The van der Waals surface area contributed by atoms with E-state index < -0.39 is 0 Å². The lowest BCUT2D eigenvalue weighted by Crippen LogP contribution is -1.97. The summed E-state index contributed by atoms with van der Waals surface area (Å²) in [5.41, 5.74) is 0.863. The van der Waals surface area contributed by atoms with E-state index in [1.807, 2.05) is 18.2 Å². The molecule has 1 N–H and O–H groups in total. The Kier molecular flexibility index (Phi) is 2.85. The molecule has 3 heteroatoms. The third kappa shape index (κ3) is 2.48. The van der Waals surface area contributed by atoms with Crippen molar-refractivity contribution < 1.29 is 5.11 Å². The van der Waals surface area contributed by atoms with Crippen LogP contribution >= 0.6 is 23.8 Å². The average molecular weight is 187 g/mol. The lowest BCUT2D eigenvalue weighted by Gasteiger charge is -1.99. The molecule has 0 radical (unpaired) electrons. The topological polar surface area (TPSA) is 20.2 Å². The van der Waals surface area contributed by atoms with Gasteiger partial charge in [0.05, 0.1) is 0 Å². The Hall–Kier alpha value is -0.600. The number of halogens is 1. The van der Waals surface area contributed by atoms with E-state index in [0.717, 1.165) is 5.56 Å². The number of aliphatic hydroxyl groups excluding tert-OH is 1. The van der Waals surface area contributed by atoms with Crippen molar-refractivity contribution in [2.45, 2.75) is 6.42 Å². The maximum Gasteiger partial charge on any atom is 0.161 e. The molecule has 0 unspecified atom stereocenters. The van der Waals surface area contributed by atoms with E-state index in [1.165, 1.54) is 0 Å². The summed E-state index contributed by atoms with van der Waals surface area (Å²) in [5.74, 6) is 0. The predicted molar refractivity (Wildman–Crippen MR) is 50.4 cm³/mol. The molecule has 1 nitrogen and oxygen atoms in total. The van der Waals surface area contributed by atoms with Crippen LogP contribution < -0.4 is 0 Å². The molecule has 0 aromatic heterocycles. The standard InChI is InChI=1S/C8H7ClOS/c9-7-4-2-1-3-6(7)5-8(10)11/h1-4H,5H2,(H,10,11). The highest BCUT2D eigenvalue weighted by Crippen LogP contribution is 2.15. The van der Waals surface area contributed by atoms with Crippen molar-refractivity contribution in [2.24, 2.45) is 0 Å². The van der Waals surface area contributed by atoms with Gasteiger partial charge in [-0.05, 0) is 23.8 Å². The minimum atomic E-state index is -0.0295. The van der Waals surface area contributed by atoms with E-state index in [1.54, 1.807) is 6.07 Å². The third-order valence-electron chi connectivity index (χ3n) is 1.30. The van der Waals surface area contributed by atoms with Crippen LogP contribution in [-0.4, -0.2) is 10.2 Å². The van der Waals surface area contributed by atoms with Crippen molar-refractivity contribution in [3.63, 3.8) is 0 Å². The Morgan fingerprint density at radius 3 is 2.64 bits per heavy atom. The minimum absolute atomic E-state index is 0.0295. The van der Waals surface area contributed by atoms with Crippen molar-refractivity contribution in [1.29, 1.82) is 0 Å². The number of hydrogen-bond acceptors (Lipinski definition) is 1. The summed E-state index contributed by atoms with van der Waals surface area (Å²) >= 11 is 10.3. The Bertz CT molecular complexity index is 273. The van der Waals surface area contributed by atoms with Crippen LogP contribution in [0.25, 0.3) is 0 Å². The smallest absolute Gasteiger partial charge is 0.161 e. The Morgan fingerprint density at radius 1 is 1.45 bits per heavy atom. The number of benzene rings is 1. The summed E-state index contributed by atoms with van der Waals surface area (Å²) in [6.45, 7) is 0. The number of hydrogen-bond donors (Lipinski definition) is 1. The number of aliphatic hydroxyl groups is 1. The molecule has 0 saturated carbocycles. The molecular formula is C8H7ClOS. The van der Waals surface area contributed by atoms with Crippen LogP contribution in [0, 0.1) is 0 Å². The predicted octanol–water partition coefficient (Wildman–Crippen LogP) is 2.77. The van der Waals surface area contributed by atoms with Crippen molar-refractivity contribution in [3.8, 4) is 0 Å². The fourth-order valence-electron chi connectivity index (χ4n) is 0.805. The first-order chi connectivity index (χ1) is 5.20. The minimum Gasteiger partial charge on any atom is -0.502 e. The fraction of sp³-hybridized carbons (Fsp3) is 0.125. The number of thiocarbonyl (C=S) groups is 1. The maximum absolute atomic E-state index is 8.80. The highest BCUT2D eigenvalue weighted by atomic mass is 35.5. The summed E-state index contributed by atoms with van der Waals surface area (Å²) in [6, 6.07) is 7.31. The first-order valence-electron chi connectivity index (χ1n) is 3.15. The molecular weight excluding hydrogens is 180 g/mol. The van der Waals surface area contributed by atoms with E-state index in [9.17, 15) is 0 Å². The van der Waals surface area contributed by atoms with Gasteiger partial charge in [-0.2, -0.15) is 0 Å². The third-order valence-corrected chi connectivity index (χ3v) is 1.81. The highest BCUT2D eigenvalue weighted by molar-refractivity contribution is 7.80. The molecule has 0 heterocycles. The molecule has 0 bridgehead atoms. The van der Waals surface area contributed by atoms with Crippen LogP contribution in [0.15, 0.2) is 24.3 Å². The molecule has 0 atom stereocenters. The van der Waals surface area contributed by atoms with Crippen LogP contribution in [0.4, 0.5) is 0 Å². The highest BCUT2D eigenvalue weighted by Gasteiger charge is 1.99. The normalized spacial score (nSPS) is 9.55. The van der Waals surface area contributed by atoms with Gasteiger partial charge in [0.25, 0.3) is 0 Å². The lowest BCUT2D eigenvalue weighted by atomic mass is 10.2. The molecule has 0 saturated heterocycles. The summed E-state index contributed by atoms with van der Waals surface area (Å²) in [4.78, 5) is 0. The van der Waals surface area contributed by atoms with E-state index in [0.29, 0.717) is 11.4 Å². The van der Waals surface area contributed by atoms with Gasteiger partial charge >= 0.3 is 0 Å². The molecule has 0 aliphatic heterocycles. The molecule has 11 heavy (non-hydrogen) atoms. The summed E-state index contributed by atoms with van der Waals surface area (Å²) in [6.07, 6.45) is 0.356. The van der Waals surface area contributed by atoms with Crippen molar-refractivity contribution in [3.05, 3.63) is 34.9 Å². The Balaban J connectivity index is 2.86. The van der Waals surface area contributed by atoms with Crippen LogP contribution in [0.2, 0.25) is 5.02 Å². The van der Waals surface area contributed by atoms with Gasteiger partial charge in [0.1, 0.15) is 0 Å². The quantitative estimate of drug-likeness (QED) is 0.717. The summed E-state index contributed by atoms with van der Waals surface area (Å²) in [7, 11) is 0. The number of rotatable bonds is 2. The van der Waals surface area contributed by atoms with Crippen LogP contribution in [0.3, 0.4) is 0 Å².